The second-order valence-electron chi connectivity index (χ2n) is 6.58. The smallest absolute Gasteiger partial charge is 0.184 e. The Morgan fingerprint density at radius 2 is 1.40 bits per heavy atom. The molecule has 0 spiro atoms. The third-order valence-corrected chi connectivity index (χ3v) is 3.83. The van der Waals surface area contributed by atoms with Gasteiger partial charge in [0, 0.05) is 13.0 Å². The molecule has 0 atom stereocenters. The Hall–Kier alpha value is -0.570. The standard InChI is InChI=1S/C17H33NO2/c1-17(2)15-18-16(20-17)13-11-9-7-5-3-4-6-8-10-12-14-19/h19H,3-15H2,1-2H3. The minimum Gasteiger partial charge on any atom is -0.473 e. The van der Waals surface area contributed by atoms with Gasteiger partial charge < -0.3 is 9.84 Å². The van der Waals surface area contributed by atoms with Gasteiger partial charge in [0.2, 0.25) is 0 Å². The van der Waals surface area contributed by atoms with Gasteiger partial charge in [-0.3, -0.25) is 4.99 Å². The molecular weight excluding hydrogens is 250 g/mol. The molecule has 0 aliphatic carbocycles. The topological polar surface area (TPSA) is 41.8 Å². The molecule has 3 nitrogen and oxygen atoms in total. The summed E-state index contributed by atoms with van der Waals surface area (Å²) in [5.41, 5.74) is -0.0641. The zero-order valence-corrected chi connectivity index (χ0v) is 13.5. The van der Waals surface area contributed by atoms with Crippen molar-refractivity contribution in [2.75, 3.05) is 13.2 Å². The van der Waals surface area contributed by atoms with Crippen LogP contribution in [0.5, 0.6) is 0 Å². The highest BCUT2D eigenvalue weighted by Crippen LogP contribution is 2.20. The van der Waals surface area contributed by atoms with Crippen molar-refractivity contribution in [1.29, 1.82) is 0 Å². The fourth-order valence-electron chi connectivity index (χ4n) is 2.59. The van der Waals surface area contributed by atoms with Gasteiger partial charge in [0.1, 0.15) is 5.60 Å². The SMILES string of the molecule is CC1(C)CN=C(CCCCCCCCCCCCO)O1. The second kappa shape index (κ2) is 10.2. The Kier molecular flexibility index (Phi) is 8.92. The largest absolute Gasteiger partial charge is 0.473 e. The lowest BCUT2D eigenvalue weighted by atomic mass is 10.1. The van der Waals surface area contributed by atoms with Crippen LogP contribution in [0.1, 0.15) is 84.5 Å². The molecule has 0 unspecified atom stereocenters. The highest BCUT2D eigenvalue weighted by atomic mass is 16.5. The number of aliphatic imine (C=N–C) groups is 1. The van der Waals surface area contributed by atoms with E-state index in [2.05, 4.69) is 18.8 Å². The van der Waals surface area contributed by atoms with E-state index in [1.165, 1.54) is 57.8 Å². The van der Waals surface area contributed by atoms with Crippen LogP contribution < -0.4 is 0 Å². The third kappa shape index (κ3) is 8.57. The maximum absolute atomic E-state index is 8.68. The van der Waals surface area contributed by atoms with Gasteiger partial charge in [-0.1, -0.05) is 51.4 Å². The molecule has 1 aliphatic heterocycles. The van der Waals surface area contributed by atoms with Crippen molar-refractivity contribution in [3.05, 3.63) is 0 Å². The van der Waals surface area contributed by atoms with Crippen molar-refractivity contribution in [1.82, 2.24) is 0 Å². The molecule has 0 aromatic rings. The Balaban J connectivity index is 1.79. The molecule has 0 radical (unpaired) electrons. The molecule has 1 heterocycles. The van der Waals surface area contributed by atoms with Crippen LogP contribution in [-0.2, 0) is 4.74 Å². The van der Waals surface area contributed by atoms with Gasteiger partial charge in [0.25, 0.3) is 0 Å². The van der Waals surface area contributed by atoms with Crippen molar-refractivity contribution in [3.63, 3.8) is 0 Å². The lowest BCUT2D eigenvalue weighted by molar-refractivity contribution is 0.126. The summed E-state index contributed by atoms with van der Waals surface area (Å²) in [6.07, 6.45) is 13.7. The van der Waals surface area contributed by atoms with Crippen LogP contribution in [0.3, 0.4) is 0 Å². The van der Waals surface area contributed by atoms with Crippen molar-refractivity contribution in [2.24, 2.45) is 4.99 Å². The molecule has 0 saturated heterocycles. The quantitative estimate of drug-likeness (QED) is 0.537. The maximum atomic E-state index is 8.68. The van der Waals surface area contributed by atoms with E-state index in [4.69, 9.17) is 9.84 Å². The Bertz CT molecular complexity index is 274. The fourth-order valence-corrected chi connectivity index (χ4v) is 2.59. The van der Waals surface area contributed by atoms with Crippen molar-refractivity contribution in [2.45, 2.75) is 90.1 Å². The van der Waals surface area contributed by atoms with Gasteiger partial charge in [0.05, 0.1) is 6.54 Å². The van der Waals surface area contributed by atoms with Crippen LogP contribution in [0.2, 0.25) is 0 Å². The van der Waals surface area contributed by atoms with E-state index in [0.29, 0.717) is 6.61 Å². The molecule has 0 aromatic carbocycles. The number of ether oxygens (including phenoxy) is 1. The van der Waals surface area contributed by atoms with E-state index < -0.39 is 0 Å². The molecule has 1 rings (SSSR count). The summed E-state index contributed by atoms with van der Waals surface area (Å²) in [5, 5.41) is 8.68. The van der Waals surface area contributed by atoms with Crippen LogP contribution in [-0.4, -0.2) is 29.8 Å². The molecule has 0 aromatic heterocycles. The first-order valence-corrected chi connectivity index (χ1v) is 8.47. The molecule has 0 saturated carbocycles. The summed E-state index contributed by atoms with van der Waals surface area (Å²) in [6, 6.07) is 0. The van der Waals surface area contributed by atoms with Gasteiger partial charge in [-0.05, 0) is 26.7 Å². The average Bonchev–Trinajstić information content (AvgIpc) is 2.75. The summed E-state index contributed by atoms with van der Waals surface area (Å²) in [6.45, 7) is 5.37. The first-order valence-electron chi connectivity index (χ1n) is 8.47. The average molecular weight is 283 g/mol. The van der Waals surface area contributed by atoms with Crippen LogP contribution in [0.15, 0.2) is 4.99 Å². The summed E-state index contributed by atoms with van der Waals surface area (Å²) in [7, 11) is 0. The molecule has 118 valence electrons. The predicted octanol–water partition coefficient (Wildman–Crippen LogP) is 4.48. The Morgan fingerprint density at radius 3 is 1.85 bits per heavy atom. The number of hydrogen-bond donors (Lipinski definition) is 1. The molecule has 0 amide bonds. The Labute approximate surface area is 124 Å². The molecule has 0 bridgehead atoms. The zero-order valence-electron chi connectivity index (χ0n) is 13.5. The number of aliphatic hydroxyl groups excluding tert-OH is 1. The van der Waals surface area contributed by atoms with E-state index in [9.17, 15) is 0 Å². The molecule has 1 aliphatic rings. The normalized spacial score (nSPS) is 17.1. The van der Waals surface area contributed by atoms with Crippen molar-refractivity contribution >= 4 is 5.90 Å². The maximum Gasteiger partial charge on any atom is 0.184 e. The minimum absolute atomic E-state index is 0.0641. The summed E-state index contributed by atoms with van der Waals surface area (Å²) >= 11 is 0. The van der Waals surface area contributed by atoms with Crippen LogP contribution in [0.4, 0.5) is 0 Å². The van der Waals surface area contributed by atoms with Crippen LogP contribution >= 0.6 is 0 Å². The molecule has 0 fully saturated rings. The van der Waals surface area contributed by atoms with Crippen LogP contribution in [0.25, 0.3) is 0 Å². The monoisotopic (exact) mass is 283 g/mol. The van der Waals surface area contributed by atoms with E-state index >= 15 is 0 Å². The van der Waals surface area contributed by atoms with Gasteiger partial charge in [-0.25, -0.2) is 0 Å². The molecule has 1 N–H and O–H groups in total. The van der Waals surface area contributed by atoms with Gasteiger partial charge in [0.15, 0.2) is 5.90 Å². The molecule has 20 heavy (non-hydrogen) atoms. The van der Waals surface area contributed by atoms with Crippen molar-refractivity contribution in [3.8, 4) is 0 Å². The summed E-state index contributed by atoms with van der Waals surface area (Å²) in [4.78, 5) is 4.45. The number of unbranched alkanes of at least 4 members (excludes halogenated alkanes) is 9. The second-order valence-corrected chi connectivity index (χ2v) is 6.58. The van der Waals surface area contributed by atoms with E-state index in [0.717, 1.165) is 25.3 Å². The van der Waals surface area contributed by atoms with Gasteiger partial charge >= 0.3 is 0 Å². The lowest BCUT2D eigenvalue weighted by Gasteiger charge is -2.17. The summed E-state index contributed by atoms with van der Waals surface area (Å²) in [5.74, 6) is 0.971. The molecular formula is C17H33NO2. The molecule has 3 heteroatoms. The minimum atomic E-state index is -0.0641. The summed E-state index contributed by atoms with van der Waals surface area (Å²) < 4.78 is 5.77. The Morgan fingerprint density at radius 1 is 0.900 bits per heavy atom. The van der Waals surface area contributed by atoms with Crippen molar-refractivity contribution < 1.29 is 9.84 Å². The lowest BCUT2D eigenvalue weighted by Crippen LogP contribution is -2.24. The highest BCUT2D eigenvalue weighted by molar-refractivity contribution is 5.78. The van der Waals surface area contributed by atoms with Crippen LogP contribution in [0, 0.1) is 0 Å². The third-order valence-electron chi connectivity index (χ3n) is 3.83. The van der Waals surface area contributed by atoms with Gasteiger partial charge in [-0.2, -0.15) is 0 Å². The first-order chi connectivity index (χ1) is 9.64. The van der Waals surface area contributed by atoms with E-state index in [1.807, 2.05) is 0 Å². The highest BCUT2D eigenvalue weighted by Gasteiger charge is 2.26. The number of hydrogen-bond acceptors (Lipinski definition) is 3. The number of nitrogens with zero attached hydrogens (tertiary/aromatic N) is 1. The first kappa shape index (κ1) is 17.5. The predicted molar refractivity (Wildman–Crippen MR) is 85.3 cm³/mol. The number of rotatable bonds is 12. The fraction of sp³-hybridized carbons (Fsp3) is 0.941. The van der Waals surface area contributed by atoms with Gasteiger partial charge in [-0.15, -0.1) is 0 Å². The number of aliphatic hydroxyl groups is 1. The van der Waals surface area contributed by atoms with E-state index in [-0.39, 0.29) is 5.60 Å². The zero-order chi connectivity index (χ0) is 14.7. The van der Waals surface area contributed by atoms with E-state index in [1.54, 1.807) is 0 Å².